The number of carbonyl (C=O) groups is 2. The van der Waals surface area contributed by atoms with Crippen LogP contribution >= 0.6 is 22.9 Å². The highest BCUT2D eigenvalue weighted by Crippen LogP contribution is 2.35. The zero-order valence-corrected chi connectivity index (χ0v) is 22.2. The van der Waals surface area contributed by atoms with E-state index in [-0.39, 0.29) is 22.4 Å². The molecule has 2 aromatic carbocycles. The van der Waals surface area contributed by atoms with E-state index in [0.29, 0.717) is 56.2 Å². The van der Waals surface area contributed by atoms with Gasteiger partial charge in [-0.05, 0) is 54.7 Å². The monoisotopic (exact) mass is 543 g/mol. The summed E-state index contributed by atoms with van der Waals surface area (Å²) in [5, 5.41) is 2.83. The van der Waals surface area contributed by atoms with Crippen LogP contribution in [-0.4, -0.2) is 60.5 Å². The number of halogens is 2. The molecule has 0 saturated carbocycles. The lowest BCUT2D eigenvalue weighted by molar-refractivity contribution is 0.0708. The number of ether oxygens (including phenoxy) is 2. The van der Waals surface area contributed by atoms with E-state index in [1.807, 2.05) is 22.4 Å². The Hall–Kier alpha value is -3.17. The van der Waals surface area contributed by atoms with E-state index in [2.05, 4.69) is 4.98 Å². The van der Waals surface area contributed by atoms with E-state index in [0.717, 1.165) is 22.6 Å². The van der Waals surface area contributed by atoms with Crippen molar-refractivity contribution >= 4 is 34.8 Å². The van der Waals surface area contributed by atoms with Crippen molar-refractivity contribution in [3.8, 4) is 11.5 Å². The molecular formula is C27H27ClFN3O4S. The van der Waals surface area contributed by atoms with Crippen molar-refractivity contribution in [1.29, 1.82) is 0 Å². The van der Waals surface area contributed by atoms with Crippen molar-refractivity contribution in [3.05, 3.63) is 73.9 Å². The van der Waals surface area contributed by atoms with Crippen molar-refractivity contribution in [3.63, 3.8) is 0 Å². The Balaban J connectivity index is 1.22. The summed E-state index contributed by atoms with van der Waals surface area (Å²) in [6, 6.07) is 8.16. The third-order valence-corrected chi connectivity index (χ3v) is 8.38. The van der Waals surface area contributed by atoms with E-state index >= 15 is 0 Å². The number of methoxy groups -OCH3 is 2. The number of likely N-dealkylation sites (tertiary alicyclic amines) is 1. The molecule has 1 fully saturated rings. The number of hydrogen-bond donors (Lipinski definition) is 0. The highest BCUT2D eigenvalue weighted by atomic mass is 35.5. The summed E-state index contributed by atoms with van der Waals surface area (Å²) in [7, 11) is 3.21. The Morgan fingerprint density at radius 3 is 2.41 bits per heavy atom. The predicted molar refractivity (Wildman–Crippen MR) is 139 cm³/mol. The number of hydrogen-bond acceptors (Lipinski definition) is 6. The Labute approximate surface area is 223 Å². The number of aromatic nitrogens is 1. The molecule has 0 bridgehead atoms. The van der Waals surface area contributed by atoms with Crippen LogP contribution in [0.1, 0.15) is 55.7 Å². The predicted octanol–water partition coefficient (Wildman–Crippen LogP) is 5.17. The first-order valence-corrected chi connectivity index (χ1v) is 13.4. The number of piperidine rings is 1. The molecule has 5 rings (SSSR count). The smallest absolute Gasteiger partial charge is 0.273 e. The fourth-order valence-electron chi connectivity index (χ4n) is 4.98. The van der Waals surface area contributed by atoms with Crippen LogP contribution in [-0.2, 0) is 13.0 Å². The van der Waals surface area contributed by atoms with Gasteiger partial charge in [-0.1, -0.05) is 17.7 Å². The van der Waals surface area contributed by atoms with Gasteiger partial charge in [0.25, 0.3) is 11.8 Å². The molecule has 2 aliphatic heterocycles. The molecule has 1 aromatic heterocycles. The van der Waals surface area contributed by atoms with Crippen LogP contribution in [0.3, 0.4) is 0 Å². The topological polar surface area (TPSA) is 72.0 Å². The summed E-state index contributed by atoms with van der Waals surface area (Å²) >= 11 is 7.55. The minimum atomic E-state index is -0.611. The largest absolute Gasteiger partial charge is 0.493 e. The SMILES string of the molecule is COc1cc2c(cc1OC)CN(C(=O)c1csc(C3CCN(C(=O)c4c(F)cccc4Cl)CC3)n1)CC2. The lowest BCUT2D eigenvalue weighted by Gasteiger charge is -2.31. The van der Waals surface area contributed by atoms with Gasteiger partial charge in [-0.25, -0.2) is 9.37 Å². The zero-order valence-electron chi connectivity index (χ0n) is 20.6. The number of carbonyl (C=O) groups excluding carboxylic acids is 2. The molecule has 0 unspecified atom stereocenters. The van der Waals surface area contributed by atoms with Crippen LogP contribution in [0.15, 0.2) is 35.7 Å². The molecule has 0 atom stereocenters. The molecule has 0 radical (unpaired) electrons. The van der Waals surface area contributed by atoms with E-state index in [4.69, 9.17) is 21.1 Å². The Morgan fingerprint density at radius 1 is 1.03 bits per heavy atom. The molecule has 0 spiro atoms. The first kappa shape index (κ1) is 25.5. The molecule has 194 valence electrons. The van der Waals surface area contributed by atoms with Gasteiger partial charge in [0.1, 0.15) is 11.5 Å². The fourth-order valence-corrected chi connectivity index (χ4v) is 6.19. The van der Waals surface area contributed by atoms with Gasteiger partial charge in [-0.15, -0.1) is 11.3 Å². The lowest BCUT2D eigenvalue weighted by atomic mass is 9.97. The number of amides is 2. The van der Waals surface area contributed by atoms with Crippen molar-refractivity contribution in [2.24, 2.45) is 0 Å². The summed E-state index contributed by atoms with van der Waals surface area (Å²) in [6.07, 6.45) is 2.12. The van der Waals surface area contributed by atoms with E-state index < -0.39 is 11.7 Å². The maximum absolute atomic E-state index is 14.2. The van der Waals surface area contributed by atoms with Gasteiger partial charge in [0.15, 0.2) is 11.5 Å². The Kier molecular flexibility index (Phi) is 7.35. The molecule has 7 nitrogen and oxygen atoms in total. The van der Waals surface area contributed by atoms with E-state index in [1.54, 1.807) is 19.1 Å². The molecule has 2 aliphatic rings. The van der Waals surface area contributed by atoms with Crippen LogP contribution in [0.4, 0.5) is 4.39 Å². The summed E-state index contributed by atoms with van der Waals surface area (Å²) in [5.74, 6) is 0.385. The third-order valence-electron chi connectivity index (χ3n) is 7.05. The van der Waals surface area contributed by atoms with Gasteiger partial charge in [0, 0.05) is 37.5 Å². The number of benzene rings is 2. The van der Waals surface area contributed by atoms with Gasteiger partial charge in [-0.3, -0.25) is 9.59 Å². The second kappa shape index (κ2) is 10.7. The molecule has 3 heterocycles. The molecule has 0 N–H and O–H groups in total. The first-order valence-electron chi connectivity index (χ1n) is 12.1. The van der Waals surface area contributed by atoms with Crippen LogP contribution in [0.5, 0.6) is 11.5 Å². The van der Waals surface area contributed by atoms with Gasteiger partial charge in [-0.2, -0.15) is 0 Å². The lowest BCUT2D eigenvalue weighted by Crippen LogP contribution is -2.38. The maximum atomic E-state index is 14.2. The molecule has 1 saturated heterocycles. The Bertz CT molecular complexity index is 1320. The maximum Gasteiger partial charge on any atom is 0.273 e. The molecule has 2 amide bonds. The second-order valence-corrected chi connectivity index (χ2v) is 10.5. The first-order chi connectivity index (χ1) is 17.9. The van der Waals surface area contributed by atoms with Crippen LogP contribution < -0.4 is 9.47 Å². The minimum Gasteiger partial charge on any atom is -0.493 e. The van der Waals surface area contributed by atoms with Gasteiger partial charge < -0.3 is 19.3 Å². The van der Waals surface area contributed by atoms with Crippen LogP contribution in [0.2, 0.25) is 5.02 Å². The number of fused-ring (bicyclic) bond motifs is 1. The molecule has 3 aromatic rings. The third kappa shape index (κ3) is 5.02. The van der Waals surface area contributed by atoms with Gasteiger partial charge >= 0.3 is 0 Å². The van der Waals surface area contributed by atoms with E-state index in [1.165, 1.54) is 29.5 Å². The van der Waals surface area contributed by atoms with Gasteiger partial charge in [0.05, 0.1) is 29.8 Å². The molecule has 37 heavy (non-hydrogen) atoms. The summed E-state index contributed by atoms with van der Waals surface area (Å²) < 4.78 is 25.0. The average molecular weight is 544 g/mol. The summed E-state index contributed by atoms with van der Waals surface area (Å²) in [4.78, 5) is 34.2. The quantitative estimate of drug-likeness (QED) is 0.444. The standard InChI is InChI=1S/C27H27ClFN3O4S/c1-35-22-12-17-8-11-32(14-18(17)13-23(22)36-2)26(33)21-15-37-25(30-21)16-6-9-31(10-7-16)27(34)24-19(28)4-3-5-20(24)29/h3-5,12-13,15-16H,6-11,14H2,1-2H3. The summed E-state index contributed by atoms with van der Waals surface area (Å²) in [6.45, 7) is 2.05. The molecular weight excluding hydrogens is 517 g/mol. The van der Waals surface area contributed by atoms with E-state index in [9.17, 15) is 14.0 Å². The summed E-state index contributed by atoms with van der Waals surface area (Å²) in [5.41, 5.74) is 2.56. The molecule has 10 heteroatoms. The number of rotatable bonds is 5. The van der Waals surface area contributed by atoms with Crippen molar-refractivity contribution in [2.45, 2.75) is 31.7 Å². The van der Waals surface area contributed by atoms with Crippen molar-refractivity contribution in [2.75, 3.05) is 33.9 Å². The van der Waals surface area contributed by atoms with Gasteiger partial charge in [0.2, 0.25) is 0 Å². The normalized spacial score (nSPS) is 15.9. The number of thiazole rings is 1. The molecule has 0 aliphatic carbocycles. The highest BCUT2D eigenvalue weighted by Gasteiger charge is 2.30. The fraction of sp³-hybridized carbons (Fsp3) is 0.370. The Morgan fingerprint density at radius 2 is 1.73 bits per heavy atom. The van der Waals surface area contributed by atoms with Crippen molar-refractivity contribution in [1.82, 2.24) is 14.8 Å². The van der Waals surface area contributed by atoms with Crippen molar-refractivity contribution < 1.29 is 23.5 Å². The minimum absolute atomic E-state index is 0.0797. The second-order valence-electron chi connectivity index (χ2n) is 9.19. The van der Waals surface area contributed by atoms with Crippen LogP contribution in [0, 0.1) is 5.82 Å². The number of nitrogens with zero attached hydrogens (tertiary/aromatic N) is 3. The average Bonchev–Trinajstić information content (AvgIpc) is 3.42. The van der Waals surface area contributed by atoms with Crippen LogP contribution in [0.25, 0.3) is 0 Å². The zero-order chi connectivity index (χ0) is 26.1. The highest BCUT2D eigenvalue weighted by molar-refractivity contribution is 7.09.